The molecule has 0 heteroatoms. The van der Waals surface area contributed by atoms with Gasteiger partial charge in [-0.3, -0.25) is 0 Å². The number of hydrogen-bond donors (Lipinski definition) is 0. The van der Waals surface area contributed by atoms with Gasteiger partial charge in [-0.1, -0.05) is 38.3 Å². The second-order valence-electron chi connectivity index (χ2n) is 3.23. The zero-order chi connectivity index (χ0) is 7.40. The maximum Gasteiger partial charge on any atom is -0.0168 e. The van der Waals surface area contributed by atoms with Gasteiger partial charge in [-0.05, 0) is 25.2 Å². The largest absolute Gasteiger partial charge is 0.0850 e. The lowest BCUT2D eigenvalue weighted by Crippen LogP contribution is -1.68. The number of unbranched alkanes of at least 4 members (excludes halogenated alkanes) is 2. The Balaban J connectivity index is 2.07. The SMILES string of the molecule is CCCCC=C1CC1CC. The minimum atomic E-state index is 0.983. The molecule has 1 aliphatic carbocycles. The van der Waals surface area contributed by atoms with Crippen LogP contribution >= 0.6 is 0 Å². The molecule has 1 atom stereocenters. The monoisotopic (exact) mass is 138 g/mol. The van der Waals surface area contributed by atoms with E-state index in [0.29, 0.717) is 0 Å². The first-order valence-electron chi connectivity index (χ1n) is 4.57. The van der Waals surface area contributed by atoms with Gasteiger partial charge in [0.2, 0.25) is 0 Å². The van der Waals surface area contributed by atoms with E-state index in [-0.39, 0.29) is 0 Å². The van der Waals surface area contributed by atoms with Crippen molar-refractivity contribution in [3.8, 4) is 0 Å². The Morgan fingerprint density at radius 1 is 1.50 bits per heavy atom. The molecule has 0 saturated heterocycles. The molecule has 0 nitrogen and oxygen atoms in total. The van der Waals surface area contributed by atoms with Gasteiger partial charge in [-0.25, -0.2) is 0 Å². The smallest absolute Gasteiger partial charge is 0.0168 e. The van der Waals surface area contributed by atoms with E-state index in [0.717, 1.165) is 5.92 Å². The van der Waals surface area contributed by atoms with Gasteiger partial charge in [0.15, 0.2) is 0 Å². The standard InChI is InChI=1S/C10H18/c1-3-5-6-7-10-8-9(10)4-2/h7,9H,3-6,8H2,1-2H3. The minimum Gasteiger partial charge on any atom is -0.0850 e. The van der Waals surface area contributed by atoms with Crippen molar-refractivity contribution in [2.24, 2.45) is 5.92 Å². The van der Waals surface area contributed by atoms with Crippen molar-refractivity contribution in [1.29, 1.82) is 0 Å². The maximum atomic E-state index is 2.46. The Labute approximate surface area is 64.3 Å². The third-order valence-electron chi connectivity index (χ3n) is 2.30. The second kappa shape index (κ2) is 3.80. The van der Waals surface area contributed by atoms with Crippen molar-refractivity contribution < 1.29 is 0 Å². The highest BCUT2D eigenvalue weighted by Crippen LogP contribution is 2.40. The normalized spacial score (nSPS) is 27.4. The van der Waals surface area contributed by atoms with E-state index >= 15 is 0 Å². The van der Waals surface area contributed by atoms with Gasteiger partial charge in [-0.2, -0.15) is 0 Å². The highest BCUT2D eigenvalue weighted by Gasteiger charge is 2.26. The topological polar surface area (TPSA) is 0 Å². The Kier molecular flexibility index (Phi) is 2.98. The first kappa shape index (κ1) is 7.84. The van der Waals surface area contributed by atoms with Gasteiger partial charge in [0.1, 0.15) is 0 Å². The molecular weight excluding hydrogens is 120 g/mol. The molecule has 0 aliphatic heterocycles. The van der Waals surface area contributed by atoms with Crippen LogP contribution in [-0.2, 0) is 0 Å². The zero-order valence-corrected chi connectivity index (χ0v) is 7.19. The van der Waals surface area contributed by atoms with Crippen LogP contribution in [0.3, 0.4) is 0 Å². The van der Waals surface area contributed by atoms with E-state index < -0.39 is 0 Å². The molecule has 0 aromatic heterocycles. The summed E-state index contributed by atoms with van der Waals surface area (Å²) < 4.78 is 0. The quantitative estimate of drug-likeness (QED) is 0.412. The molecule has 1 unspecified atom stereocenters. The Hall–Kier alpha value is -0.260. The summed E-state index contributed by atoms with van der Waals surface area (Å²) in [5.41, 5.74) is 1.73. The summed E-state index contributed by atoms with van der Waals surface area (Å²) >= 11 is 0. The molecule has 0 aromatic rings. The van der Waals surface area contributed by atoms with Crippen LogP contribution in [0.1, 0.15) is 46.0 Å². The van der Waals surface area contributed by atoms with Gasteiger partial charge in [0.05, 0.1) is 0 Å². The molecule has 0 spiro atoms. The average Bonchev–Trinajstić information content (AvgIpc) is 2.68. The van der Waals surface area contributed by atoms with E-state index in [9.17, 15) is 0 Å². The van der Waals surface area contributed by atoms with E-state index in [1.165, 1.54) is 32.1 Å². The third kappa shape index (κ3) is 2.17. The summed E-state index contributed by atoms with van der Waals surface area (Å²) in [6.07, 6.45) is 9.25. The van der Waals surface area contributed by atoms with Crippen LogP contribution in [-0.4, -0.2) is 0 Å². The van der Waals surface area contributed by atoms with Crippen molar-refractivity contribution in [3.63, 3.8) is 0 Å². The van der Waals surface area contributed by atoms with Crippen LogP contribution in [0.2, 0.25) is 0 Å². The van der Waals surface area contributed by atoms with Gasteiger partial charge in [-0.15, -0.1) is 0 Å². The number of rotatable bonds is 4. The number of allylic oxidation sites excluding steroid dienone is 2. The average molecular weight is 138 g/mol. The van der Waals surface area contributed by atoms with Crippen molar-refractivity contribution in [2.45, 2.75) is 46.0 Å². The fourth-order valence-corrected chi connectivity index (χ4v) is 1.37. The van der Waals surface area contributed by atoms with Crippen molar-refractivity contribution in [1.82, 2.24) is 0 Å². The second-order valence-corrected chi connectivity index (χ2v) is 3.23. The molecule has 0 amide bonds. The molecule has 1 fully saturated rings. The van der Waals surface area contributed by atoms with Gasteiger partial charge in [0.25, 0.3) is 0 Å². The summed E-state index contributed by atoms with van der Waals surface area (Å²) in [7, 11) is 0. The Morgan fingerprint density at radius 2 is 2.30 bits per heavy atom. The van der Waals surface area contributed by atoms with E-state index in [1.54, 1.807) is 5.57 Å². The van der Waals surface area contributed by atoms with Gasteiger partial charge in [0, 0.05) is 0 Å². The van der Waals surface area contributed by atoms with Gasteiger partial charge >= 0.3 is 0 Å². The van der Waals surface area contributed by atoms with Crippen LogP contribution in [0.4, 0.5) is 0 Å². The molecule has 1 rings (SSSR count). The molecule has 0 aromatic carbocycles. The molecule has 0 radical (unpaired) electrons. The molecule has 1 aliphatic rings. The minimum absolute atomic E-state index is 0.983. The predicted molar refractivity (Wildman–Crippen MR) is 46.0 cm³/mol. The fourth-order valence-electron chi connectivity index (χ4n) is 1.37. The lowest BCUT2D eigenvalue weighted by atomic mass is 10.2. The lowest BCUT2D eigenvalue weighted by Gasteiger charge is -1.86. The van der Waals surface area contributed by atoms with Crippen molar-refractivity contribution in [2.75, 3.05) is 0 Å². The predicted octanol–water partition coefficient (Wildman–Crippen LogP) is 3.53. The summed E-state index contributed by atoms with van der Waals surface area (Å²) in [5.74, 6) is 0.983. The number of hydrogen-bond acceptors (Lipinski definition) is 0. The molecule has 0 heterocycles. The summed E-state index contributed by atoms with van der Waals surface area (Å²) in [6, 6.07) is 0. The van der Waals surface area contributed by atoms with E-state index in [2.05, 4.69) is 19.9 Å². The molecule has 0 N–H and O–H groups in total. The summed E-state index contributed by atoms with van der Waals surface area (Å²) in [6.45, 7) is 4.54. The van der Waals surface area contributed by atoms with Crippen LogP contribution in [0.25, 0.3) is 0 Å². The Bertz CT molecular complexity index is 122. The van der Waals surface area contributed by atoms with Crippen LogP contribution < -0.4 is 0 Å². The maximum absolute atomic E-state index is 2.46. The molecule has 0 bridgehead atoms. The summed E-state index contributed by atoms with van der Waals surface area (Å²) in [4.78, 5) is 0. The van der Waals surface area contributed by atoms with Crippen molar-refractivity contribution >= 4 is 0 Å². The van der Waals surface area contributed by atoms with Crippen LogP contribution in [0.5, 0.6) is 0 Å². The van der Waals surface area contributed by atoms with Gasteiger partial charge < -0.3 is 0 Å². The Morgan fingerprint density at radius 3 is 2.80 bits per heavy atom. The van der Waals surface area contributed by atoms with Crippen molar-refractivity contribution in [3.05, 3.63) is 11.6 Å². The van der Waals surface area contributed by atoms with Crippen LogP contribution in [0.15, 0.2) is 11.6 Å². The van der Waals surface area contributed by atoms with E-state index in [1.807, 2.05) is 0 Å². The van der Waals surface area contributed by atoms with Crippen LogP contribution in [0, 0.1) is 5.92 Å². The third-order valence-corrected chi connectivity index (χ3v) is 2.30. The summed E-state index contributed by atoms with van der Waals surface area (Å²) in [5, 5.41) is 0. The molecule has 10 heavy (non-hydrogen) atoms. The fraction of sp³-hybridized carbons (Fsp3) is 0.800. The zero-order valence-electron chi connectivity index (χ0n) is 7.19. The first-order chi connectivity index (χ1) is 4.88. The first-order valence-corrected chi connectivity index (χ1v) is 4.57. The van der Waals surface area contributed by atoms with E-state index in [4.69, 9.17) is 0 Å². The molecule has 1 saturated carbocycles. The molecular formula is C10H18. The highest BCUT2D eigenvalue weighted by molar-refractivity contribution is 5.22. The lowest BCUT2D eigenvalue weighted by molar-refractivity contribution is 0.802. The molecule has 58 valence electrons. The highest BCUT2D eigenvalue weighted by atomic mass is 14.3.